The van der Waals surface area contributed by atoms with Crippen molar-refractivity contribution in [1.29, 1.82) is 0 Å². The molecule has 2 heterocycles. The molecule has 18 heavy (non-hydrogen) atoms. The van der Waals surface area contributed by atoms with E-state index in [1.165, 1.54) is 0 Å². The highest BCUT2D eigenvalue weighted by Crippen LogP contribution is 2.27. The number of piperazine rings is 1. The van der Waals surface area contributed by atoms with Crippen LogP contribution in [0.3, 0.4) is 0 Å². The number of para-hydroxylation sites is 1. The highest BCUT2D eigenvalue weighted by atomic mass is 16.2. The summed E-state index contributed by atoms with van der Waals surface area (Å²) in [6.07, 6.45) is 2.25. The lowest BCUT2D eigenvalue weighted by atomic mass is 10.2. The molecule has 0 radical (unpaired) electrons. The van der Waals surface area contributed by atoms with Gasteiger partial charge < -0.3 is 15.5 Å². The molecule has 2 unspecified atom stereocenters. The van der Waals surface area contributed by atoms with Crippen molar-refractivity contribution in [2.45, 2.75) is 31.8 Å². The first-order chi connectivity index (χ1) is 8.75. The van der Waals surface area contributed by atoms with E-state index in [4.69, 9.17) is 0 Å². The number of benzene rings is 1. The van der Waals surface area contributed by atoms with Gasteiger partial charge in [-0.15, -0.1) is 0 Å². The van der Waals surface area contributed by atoms with E-state index in [1.54, 1.807) is 0 Å². The Labute approximate surface area is 107 Å². The predicted octanol–water partition coefficient (Wildman–Crippen LogP) is 1.96. The molecule has 4 heteroatoms. The third-order valence-electron chi connectivity index (χ3n) is 4.00. The normalized spacial score (nSPS) is 26.2. The molecule has 2 fully saturated rings. The zero-order chi connectivity index (χ0) is 12.5. The fraction of sp³-hybridized carbons (Fsp3) is 0.500. The minimum atomic E-state index is 0.0540. The summed E-state index contributed by atoms with van der Waals surface area (Å²) >= 11 is 0. The smallest absolute Gasteiger partial charge is 0.316 e. The molecule has 2 aliphatic rings. The minimum Gasteiger partial charge on any atom is -0.316 e. The Kier molecular flexibility index (Phi) is 2.96. The molecule has 3 rings (SSSR count). The van der Waals surface area contributed by atoms with Crippen LogP contribution in [0.4, 0.5) is 10.5 Å². The van der Waals surface area contributed by atoms with Crippen LogP contribution in [0, 0.1) is 6.92 Å². The second-order valence-corrected chi connectivity index (χ2v) is 5.20. The molecule has 96 valence electrons. The van der Waals surface area contributed by atoms with Gasteiger partial charge in [0.2, 0.25) is 0 Å². The molecular formula is C14H19N3O. The maximum Gasteiger partial charge on any atom is 0.322 e. The summed E-state index contributed by atoms with van der Waals surface area (Å²) in [5, 5.41) is 6.43. The van der Waals surface area contributed by atoms with Gasteiger partial charge in [-0.3, -0.25) is 0 Å². The third-order valence-corrected chi connectivity index (χ3v) is 4.00. The Morgan fingerprint density at radius 3 is 2.61 bits per heavy atom. The van der Waals surface area contributed by atoms with E-state index in [1.807, 2.05) is 36.1 Å². The molecule has 0 aromatic heterocycles. The lowest BCUT2D eigenvalue weighted by Gasteiger charge is -2.35. The molecule has 2 atom stereocenters. The van der Waals surface area contributed by atoms with Crippen LogP contribution in [-0.4, -0.2) is 36.1 Å². The van der Waals surface area contributed by atoms with Crippen molar-refractivity contribution in [2.75, 3.05) is 18.4 Å². The zero-order valence-electron chi connectivity index (χ0n) is 10.6. The van der Waals surface area contributed by atoms with Gasteiger partial charge in [-0.1, -0.05) is 18.2 Å². The van der Waals surface area contributed by atoms with E-state index in [0.29, 0.717) is 12.1 Å². The van der Waals surface area contributed by atoms with E-state index in [2.05, 4.69) is 10.6 Å². The van der Waals surface area contributed by atoms with E-state index in [9.17, 15) is 4.79 Å². The number of carbonyl (C=O) groups is 1. The van der Waals surface area contributed by atoms with Crippen LogP contribution in [0.5, 0.6) is 0 Å². The maximum atomic E-state index is 12.4. The molecule has 2 aliphatic heterocycles. The molecule has 2 saturated heterocycles. The second kappa shape index (κ2) is 4.61. The zero-order valence-corrected chi connectivity index (χ0v) is 10.6. The number of anilines is 1. The van der Waals surface area contributed by atoms with Gasteiger partial charge >= 0.3 is 6.03 Å². The van der Waals surface area contributed by atoms with Gasteiger partial charge in [0, 0.05) is 30.9 Å². The van der Waals surface area contributed by atoms with Crippen LogP contribution >= 0.6 is 0 Å². The molecule has 0 saturated carbocycles. The van der Waals surface area contributed by atoms with Gasteiger partial charge in [-0.2, -0.15) is 0 Å². The molecule has 2 amide bonds. The van der Waals surface area contributed by atoms with Crippen molar-refractivity contribution in [1.82, 2.24) is 10.2 Å². The lowest BCUT2D eigenvalue weighted by molar-refractivity contribution is 0.167. The molecule has 0 spiro atoms. The van der Waals surface area contributed by atoms with Crippen molar-refractivity contribution in [2.24, 2.45) is 0 Å². The standard InChI is InChI=1S/C14H19N3O/c1-10-4-2-3-5-13(10)16-14(18)17-11-6-7-12(17)9-15-8-11/h2-5,11-12,15H,6-9H2,1H3,(H,16,18). The number of amides is 2. The van der Waals surface area contributed by atoms with Gasteiger partial charge in [0.05, 0.1) is 0 Å². The van der Waals surface area contributed by atoms with Gasteiger partial charge in [0.15, 0.2) is 0 Å². The summed E-state index contributed by atoms with van der Waals surface area (Å²) < 4.78 is 0. The highest BCUT2D eigenvalue weighted by molar-refractivity contribution is 5.90. The Hall–Kier alpha value is -1.55. The number of rotatable bonds is 1. The predicted molar refractivity (Wildman–Crippen MR) is 71.7 cm³/mol. The van der Waals surface area contributed by atoms with E-state index < -0.39 is 0 Å². The van der Waals surface area contributed by atoms with E-state index in [0.717, 1.165) is 37.2 Å². The summed E-state index contributed by atoms with van der Waals surface area (Å²) in [7, 11) is 0. The molecular weight excluding hydrogens is 226 g/mol. The van der Waals surface area contributed by atoms with E-state index >= 15 is 0 Å². The Bertz CT molecular complexity index is 444. The fourth-order valence-electron chi connectivity index (χ4n) is 3.00. The van der Waals surface area contributed by atoms with Gasteiger partial charge in [0.1, 0.15) is 0 Å². The number of urea groups is 1. The molecule has 2 bridgehead atoms. The quantitative estimate of drug-likeness (QED) is 0.794. The van der Waals surface area contributed by atoms with Crippen molar-refractivity contribution in [3.8, 4) is 0 Å². The summed E-state index contributed by atoms with van der Waals surface area (Å²) in [5.41, 5.74) is 2.02. The first-order valence-corrected chi connectivity index (χ1v) is 6.61. The second-order valence-electron chi connectivity index (χ2n) is 5.20. The number of fused-ring (bicyclic) bond motifs is 2. The third kappa shape index (κ3) is 1.97. The van der Waals surface area contributed by atoms with Crippen LogP contribution in [0.1, 0.15) is 18.4 Å². The number of hydrogen-bond acceptors (Lipinski definition) is 2. The van der Waals surface area contributed by atoms with Crippen molar-refractivity contribution >= 4 is 11.7 Å². The number of carbonyl (C=O) groups excluding carboxylic acids is 1. The first-order valence-electron chi connectivity index (χ1n) is 6.61. The van der Waals surface area contributed by atoms with Gasteiger partial charge in [-0.05, 0) is 31.4 Å². The SMILES string of the molecule is Cc1ccccc1NC(=O)N1C2CCC1CNC2. The number of nitrogens with zero attached hydrogens (tertiary/aromatic N) is 1. The Morgan fingerprint density at radius 1 is 1.28 bits per heavy atom. The van der Waals surface area contributed by atoms with Gasteiger partial charge in [0.25, 0.3) is 0 Å². The Morgan fingerprint density at radius 2 is 1.94 bits per heavy atom. The van der Waals surface area contributed by atoms with Crippen LogP contribution in [0.2, 0.25) is 0 Å². The lowest BCUT2D eigenvalue weighted by Crippen LogP contribution is -2.55. The van der Waals surface area contributed by atoms with Crippen molar-refractivity contribution in [3.05, 3.63) is 29.8 Å². The van der Waals surface area contributed by atoms with Crippen LogP contribution in [0.25, 0.3) is 0 Å². The van der Waals surface area contributed by atoms with Crippen molar-refractivity contribution < 1.29 is 4.79 Å². The maximum absolute atomic E-state index is 12.4. The molecule has 1 aromatic carbocycles. The van der Waals surface area contributed by atoms with Crippen molar-refractivity contribution in [3.63, 3.8) is 0 Å². The van der Waals surface area contributed by atoms with Gasteiger partial charge in [-0.25, -0.2) is 4.79 Å². The van der Waals surface area contributed by atoms with E-state index in [-0.39, 0.29) is 6.03 Å². The highest BCUT2D eigenvalue weighted by Gasteiger charge is 2.39. The number of nitrogens with one attached hydrogen (secondary N) is 2. The average molecular weight is 245 g/mol. The van der Waals surface area contributed by atoms with Crippen LogP contribution in [0.15, 0.2) is 24.3 Å². The number of aryl methyl sites for hydroxylation is 1. The first kappa shape index (κ1) is 11.5. The summed E-state index contributed by atoms with van der Waals surface area (Å²) in [6, 6.07) is 8.70. The summed E-state index contributed by atoms with van der Waals surface area (Å²) in [5.74, 6) is 0. The molecule has 0 aliphatic carbocycles. The van der Waals surface area contributed by atoms with Crippen LogP contribution < -0.4 is 10.6 Å². The largest absolute Gasteiger partial charge is 0.322 e. The Balaban J connectivity index is 1.74. The molecule has 4 nitrogen and oxygen atoms in total. The topological polar surface area (TPSA) is 44.4 Å². The monoisotopic (exact) mass is 245 g/mol. The number of hydrogen-bond donors (Lipinski definition) is 2. The summed E-state index contributed by atoms with van der Waals surface area (Å²) in [4.78, 5) is 14.4. The molecule has 1 aromatic rings. The average Bonchev–Trinajstić information content (AvgIpc) is 2.62. The minimum absolute atomic E-state index is 0.0540. The fourth-order valence-corrected chi connectivity index (χ4v) is 3.00. The molecule has 2 N–H and O–H groups in total. The summed E-state index contributed by atoms with van der Waals surface area (Å²) in [6.45, 7) is 3.87. The van der Waals surface area contributed by atoms with Crippen LogP contribution in [-0.2, 0) is 0 Å².